The summed E-state index contributed by atoms with van der Waals surface area (Å²) in [6.07, 6.45) is 0.954. The van der Waals surface area contributed by atoms with Crippen LogP contribution in [0, 0.1) is 0 Å². The number of aryl methyl sites for hydroxylation is 1. The van der Waals surface area contributed by atoms with Gasteiger partial charge in [-0.1, -0.05) is 42.8 Å². The van der Waals surface area contributed by atoms with Gasteiger partial charge < -0.3 is 15.1 Å². The topological polar surface area (TPSA) is 35.6 Å². The molecule has 1 fully saturated rings. The maximum Gasteiger partial charge on any atom is 0.241 e. The fourth-order valence-corrected chi connectivity index (χ4v) is 3.36. The highest BCUT2D eigenvalue weighted by Gasteiger charge is 2.21. The summed E-state index contributed by atoms with van der Waals surface area (Å²) in [5.74, 6) is 0.150. The molecule has 25 heavy (non-hydrogen) atoms. The van der Waals surface area contributed by atoms with Crippen molar-refractivity contribution in [2.45, 2.75) is 13.3 Å². The number of para-hydroxylation sites is 1. The van der Waals surface area contributed by atoms with Gasteiger partial charge in [-0.05, 0) is 36.2 Å². The van der Waals surface area contributed by atoms with E-state index in [1.807, 2.05) is 41.3 Å². The van der Waals surface area contributed by atoms with Crippen LogP contribution >= 0.6 is 11.6 Å². The molecule has 3 rings (SSSR count). The third kappa shape index (κ3) is 4.45. The maximum absolute atomic E-state index is 12.5. The van der Waals surface area contributed by atoms with Crippen molar-refractivity contribution >= 4 is 28.9 Å². The molecule has 132 valence electrons. The molecule has 0 spiro atoms. The second kappa shape index (κ2) is 8.26. The zero-order valence-corrected chi connectivity index (χ0v) is 15.3. The van der Waals surface area contributed by atoms with E-state index in [1.54, 1.807) is 0 Å². The van der Waals surface area contributed by atoms with Gasteiger partial charge >= 0.3 is 0 Å². The van der Waals surface area contributed by atoms with E-state index in [0.29, 0.717) is 6.54 Å². The minimum Gasteiger partial charge on any atom is -0.376 e. The average Bonchev–Trinajstić information content (AvgIpc) is 2.66. The third-order valence-corrected chi connectivity index (χ3v) is 4.87. The molecule has 0 radical (unpaired) electrons. The van der Waals surface area contributed by atoms with Crippen LogP contribution in [0.3, 0.4) is 0 Å². The van der Waals surface area contributed by atoms with Gasteiger partial charge in [0.15, 0.2) is 0 Å². The zero-order valence-electron chi connectivity index (χ0n) is 14.5. The van der Waals surface area contributed by atoms with Gasteiger partial charge in [0.25, 0.3) is 0 Å². The summed E-state index contributed by atoms with van der Waals surface area (Å²) in [5.41, 5.74) is 3.41. The second-order valence-electron chi connectivity index (χ2n) is 6.21. The number of carbonyl (C=O) groups is 1. The molecule has 0 atom stereocenters. The van der Waals surface area contributed by atoms with Crippen LogP contribution in [0.15, 0.2) is 48.5 Å². The van der Waals surface area contributed by atoms with E-state index in [0.717, 1.165) is 49.0 Å². The SMILES string of the molecule is CCc1ccccc1NCC(=O)N1CCN(c2cccc(Cl)c2)CC1. The van der Waals surface area contributed by atoms with Crippen molar-refractivity contribution < 1.29 is 4.79 Å². The van der Waals surface area contributed by atoms with Gasteiger partial charge in [0.1, 0.15) is 0 Å². The number of amides is 1. The Morgan fingerprint density at radius 3 is 2.56 bits per heavy atom. The van der Waals surface area contributed by atoms with Gasteiger partial charge in [-0.15, -0.1) is 0 Å². The summed E-state index contributed by atoms with van der Waals surface area (Å²) in [6.45, 7) is 5.60. The van der Waals surface area contributed by atoms with Crippen LogP contribution in [0.25, 0.3) is 0 Å². The standard InChI is InChI=1S/C20H24ClN3O/c1-2-16-6-3-4-9-19(16)22-15-20(25)24-12-10-23(11-13-24)18-8-5-7-17(21)14-18/h3-9,14,22H,2,10-13,15H2,1H3. The zero-order chi connectivity index (χ0) is 17.6. The van der Waals surface area contributed by atoms with Crippen molar-refractivity contribution in [3.8, 4) is 0 Å². The monoisotopic (exact) mass is 357 g/mol. The number of nitrogens with zero attached hydrogens (tertiary/aromatic N) is 2. The number of nitrogens with one attached hydrogen (secondary N) is 1. The summed E-state index contributed by atoms with van der Waals surface area (Å²) in [7, 11) is 0. The van der Waals surface area contributed by atoms with Crippen LogP contribution < -0.4 is 10.2 Å². The van der Waals surface area contributed by atoms with Crippen molar-refractivity contribution in [3.05, 3.63) is 59.1 Å². The van der Waals surface area contributed by atoms with Crippen LogP contribution in [0.5, 0.6) is 0 Å². The number of rotatable bonds is 5. The minimum atomic E-state index is 0.150. The molecule has 2 aromatic carbocycles. The molecule has 1 N–H and O–H groups in total. The number of benzene rings is 2. The molecule has 1 saturated heterocycles. The first-order valence-electron chi connectivity index (χ1n) is 8.77. The smallest absolute Gasteiger partial charge is 0.241 e. The van der Waals surface area contributed by atoms with Crippen LogP contribution in [0.1, 0.15) is 12.5 Å². The van der Waals surface area contributed by atoms with E-state index in [-0.39, 0.29) is 5.91 Å². The molecule has 4 nitrogen and oxygen atoms in total. The van der Waals surface area contributed by atoms with Crippen LogP contribution in [-0.4, -0.2) is 43.5 Å². The van der Waals surface area contributed by atoms with Crippen LogP contribution in [0.4, 0.5) is 11.4 Å². The first-order valence-corrected chi connectivity index (χ1v) is 9.15. The van der Waals surface area contributed by atoms with Crippen molar-refractivity contribution in [1.82, 2.24) is 4.90 Å². The van der Waals surface area contributed by atoms with Gasteiger partial charge in [-0.25, -0.2) is 0 Å². The number of hydrogen-bond acceptors (Lipinski definition) is 3. The molecule has 1 heterocycles. The Hall–Kier alpha value is -2.20. The molecule has 1 aliphatic rings. The summed E-state index contributed by atoms with van der Waals surface area (Å²) in [6, 6.07) is 16.0. The fourth-order valence-electron chi connectivity index (χ4n) is 3.17. The first kappa shape index (κ1) is 17.6. The predicted octanol–water partition coefficient (Wildman–Crippen LogP) is 3.66. The Bertz CT molecular complexity index is 726. The quantitative estimate of drug-likeness (QED) is 0.887. The number of anilines is 2. The molecule has 5 heteroatoms. The lowest BCUT2D eigenvalue weighted by Crippen LogP contribution is -2.50. The van der Waals surface area contributed by atoms with Gasteiger partial charge in [0, 0.05) is 42.6 Å². The lowest BCUT2D eigenvalue weighted by Gasteiger charge is -2.36. The first-order chi connectivity index (χ1) is 12.2. The highest BCUT2D eigenvalue weighted by Crippen LogP contribution is 2.21. The third-order valence-electron chi connectivity index (χ3n) is 4.63. The average molecular weight is 358 g/mol. The molecular formula is C20H24ClN3O. The van der Waals surface area contributed by atoms with Crippen molar-refractivity contribution in [3.63, 3.8) is 0 Å². The van der Waals surface area contributed by atoms with E-state index in [9.17, 15) is 4.79 Å². The summed E-state index contributed by atoms with van der Waals surface area (Å²) < 4.78 is 0. The summed E-state index contributed by atoms with van der Waals surface area (Å²) >= 11 is 6.07. The molecule has 1 amide bonds. The molecular weight excluding hydrogens is 334 g/mol. The molecule has 2 aromatic rings. The van der Waals surface area contributed by atoms with Gasteiger partial charge in [0.2, 0.25) is 5.91 Å². The van der Waals surface area contributed by atoms with Crippen molar-refractivity contribution in [2.24, 2.45) is 0 Å². The largest absolute Gasteiger partial charge is 0.376 e. The maximum atomic E-state index is 12.5. The Morgan fingerprint density at radius 1 is 1.08 bits per heavy atom. The van der Waals surface area contributed by atoms with Gasteiger partial charge in [-0.2, -0.15) is 0 Å². The number of piperazine rings is 1. The molecule has 0 unspecified atom stereocenters. The van der Waals surface area contributed by atoms with Crippen LogP contribution in [-0.2, 0) is 11.2 Å². The normalized spacial score (nSPS) is 14.5. The Labute approximate surface area is 154 Å². The summed E-state index contributed by atoms with van der Waals surface area (Å²) in [5, 5.41) is 4.03. The number of hydrogen-bond donors (Lipinski definition) is 1. The number of halogens is 1. The Balaban J connectivity index is 1.51. The molecule has 0 bridgehead atoms. The van der Waals surface area contributed by atoms with Gasteiger partial charge in [0.05, 0.1) is 6.54 Å². The molecule has 1 aliphatic heterocycles. The highest BCUT2D eigenvalue weighted by molar-refractivity contribution is 6.30. The van der Waals surface area contributed by atoms with E-state index in [2.05, 4.69) is 29.3 Å². The minimum absolute atomic E-state index is 0.150. The van der Waals surface area contributed by atoms with Crippen molar-refractivity contribution in [1.29, 1.82) is 0 Å². The number of carbonyl (C=O) groups excluding carboxylic acids is 1. The Morgan fingerprint density at radius 2 is 1.84 bits per heavy atom. The lowest BCUT2D eigenvalue weighted by molar-refractivity contribution is -0.129. The molecule has 0 saturated carbocycles. The van der Waals surface area contributed by atoms with E-state index < -0.39 is 0 Å². The van der Waals surface area contributed by atoms with E-state index in [4.69, 9.17) is 11.6 Å². The second-order valence-corrected chi connectivity index (χ2v) is 6.65. The molecule has 0 aromatic heterocycles. The highest BCUT2D eigenvalue weighted by atomic mass is 35.5. The van der Waals surface area contributed by atoms with Gasteiger partial charge in [-0.3, -0.25) is 4.79 Å². The predicted molar refractivity (Wildman–Crippen MR) is 105 cm³/mol. The Kier molecular flexibility index (Phi) is 5.82. The molecule has 0 aliphatic carbocycles. The van der Waals surface area contributed by atoms with Crippen LogP contribution in [0.2, 0.25) is 5.02 Å². The van der Waals surface area contributed by atoms with Crippen molar-refractivity contribution in [2.75, 3.05) is 42.9 Å². The summed E-state index contributed by atoms with van der Waals surface area (Å²) in [4.78, 5) is 16.7. The lowest BCUT2D eigenvalue weighted by atomic mass is 10.1. The fraction of sp³-hybridized carbons (Fsp3) is 0.350. The van der Waals surface area contributed by atoms with E-state index >= 15 is 0 Å². The van der Waals surface area contributed by atoms with E-state index in [1.165, 1.54) is 5.56 Å².